The van der Waals surface area contributed by atoms with Crippen molar-refractivity contribution >= 4 is 17.2 Å². The van der Waals surface area contributed by atoms with E-state index in [0.717, 1.165) is 12.4 Å². The summed E-state index contributed by atoms with van der Waals surface area (Å²) in [6.07, 6.45) is 5.86. The average molecular weight is 304 g/mol. The summed E-state index contributed by atoms with van der Waals surface area (Å²) in [6.45, 7) is 3.09. The molecule has 1 aliphatic rings. The summed E-state index contributed by atoms with van der Waals surface area (Å²) in [4.78, 5) is 12.4. The number of anilines is 1. The van der Waals surface area contributed by atoms with Gasteiger partial charge in [0.25, 0.3) is 0 Å². The highest BCUT2D eigenvalue weighted by Gasteiger charge is 2.24. The van der Waals surface area contributed by atoms with E-state index in [4.69, 9.17) is 5.11 Å². The van der Waals surface area contributed by atoms with Crippen LogP contribution in [0.2, 0.25) is 0 Å². The highest BCUT2D eigenvalue weighted by molar-refractivity contribution is 7.10. The van der Waals surface area contributed by atoms with Crippen molar-refractivity contribution in [3.8, 4) is 0 Å². The summed E-state index contributed by atoms with van der Waals surface area (Å²) in [5, 5.41) is 14.5. The molecule has 3 rings (SSSR count). The zero-order chi connectivity index (χ0) is 14.5. The van der Waals surface area contributed by atoms with Crippen LogP contribution in [0.3, 0.4) is 0 Å². The van der Waals surface area contributed by atoms with Gasteiger partial charge in [-0.05, 0) is 37.4 Å². The van der Waals surface area contributed by atoms with E-state index in [-0.39, 0.29) is 6.61 Å². The Morgan fingerprint density at radius 2 is 2.14 bits per heavy atom. The molecule has 1 saturated heterocycles. The highest BCUT2D eigenvalue weighted by atomic mass is 32.1. The molecule has 0 radical (unpaired) electrons. The zero-order valence-corrected chi connectivity index (χ0v) is 12.7. The number of rotatable bonds is 6. The van der Waals surface area contributed by atoms with Gasteiger partial charge in [0, 0.05) is 11.4 Å². The predicted molar refractivity (Wildman–Crippen MR) is 84.3 cm³/mol. The van der Waals surface area contributed by atoms with Crippen LogP contribution in [-0.4, -0.2) is 39.6 Å². The van der Waals surface area contributed by atoms with Crippen LogP contribution < -0.4 is 5.32 Å². The standard InChI is InChI=1S/C15H20N4OS/c20-11-12-8-17-15(10-16-12)18-9-13(14-4-3-7-21-14)19-5-1-2-6-19/h3-4,7-8,10,13,20H,1-2,5-6,9,11H2,(H,17,18). The molecule has 0 aliphatic carbocycles. The fourth-order valence-electron chi connectivity index (χ4n) is 2.67. The first-order valence-electron chi connectivity index (χ1n) is 7.30. The topological polar surface area (TPSA) is 61.3 Å². The Bertz CT molecular complexity index is 537. The van der Waals surface area contributed by atoms with Crippen LogP contribution in [0, 0.1) is 0 Å². The Morgan fingerprint density at radius 3 is 2.76 bits per heavy atom. The van der Waals surface area contributed by atoms with Crippen molar-refractivity contribution in [3.63, 3.8) is 0 Å². The van der Waals surface area contributed by atoms with Crippen LogP contribution in [-0.2, 0) is 6.61 Å². The van der Waals surface area contributed by atoms with E-state index in [9.17, 15) is 0 Å². The lowest BCUT2D eigenvalue weighted by Gasteiger charge is -2.27. The first-order valence-corrected chi connectivity index (χ1v) is 8.18. The van der Waals surface area contributed by atoms with E-state index in [1.165, 1.54) is 30.8 Å². The maximum Gasteiger partial charge on any atom is 0.144 e. The lowest BCUT2D eigenvalue weighted by molar-refractivity contribution is 0.259. The number of thiophene rings is 1. The van der Waals surface area contributed by atoms with Gasteiger partial charge in [0.2, 0.25) is 0 Å². The fourth-order valence-corrected chi connectivity index (χ4v) is 3.53. The molecule has 1 atom stereocenters. The molecule has 112 valence electrons. The summed E-state index contributed by atoms with van der Waals surface area (Å²) in [7, 11) is 0. The van der Waals surface area contributed by atoms with Crippen molar-refractivity contribution in [2.45, 2.75) is 25.5 Å². The highest BCUT2D eigenvalue weighted by Crippen LogP contribution is 2.28. The van der Waals surface area contributed by atoms with E-state index in [2.05, 4.69) is 37.7 Å². The second-order valence-electron chi connectivity index (χ2n) is 5.21. The van der Waals surface area contributed by atoms with E-state index < -0.39 is 0 Å². The Hall–Kier alpha value is -1.50. The number of nitrogens with one attached hydrogen (secondary N) is 1. The second kappa shape index (κ2) is 6.98. The van der Waals surface area contributed by atoms with E-state index in [1.54, 1.807) is 12.4 Å². The van der Waals surface area contributed by atoms with Gasteiger partial charge in [-0.3, -0.25) is 9.88 Å². The van der Waals surface area contributed by atoms with Crippen LogP contribution in [0.5, 0.6) is 0 Å². The van der Waals surface area contributed by atoms with Gasteiger partial charge in [-0.2, -0.15) is 0 Å². The van der Waals surface area contributed by atoms with E-state index >= 15 is 0 Å². The molecule has 2 aromatic rings. The molecule has 3 heterocycles. The fraction of sp³-hybridized carbons (Fsp3) is 0.467. The van der Waals surface area contributed by atoms with E-state index in [1.807, 2.05) is 11.3 Å². The quantitative estimate of drug-likeness (QED) is 0.857. The van der Waals surface area contributed by atoms with Gasteiger partial charge in [-0.15, -0.1) is 11.3 Å². The Morgan fingerprint density at radius 1 is 1.29 bits per heavy atom. The molecule has 5 nitrogen and oxygen atoms in total. The minimum Gasteiger partial charge on any atom is -0.390 e. The smallest absolute Gasteiger partial charge is 0.144 e. The van der Waals surface area contributed by atoms with Gasteiger partial charge in [-0.25, -0.2) is 4.98 Å². The third-order valence-electron chi connectivity index (χ3n) is 3.80. The maximum absolute atomic E-state index is 8.99. The van der Waals surface area contributed by atoms with Gasteiger partial charge in [0.15, 0.2) is 0 Å². The number of aromatic nitrogens is 2. The molecule has 0 aromatic carbocycles. The third kappa shape index (κ3) is 3.58. The molecule has 1 fully saturated rings. The number of aliphatic hydroxyl groups is 1. The van der Waals surface area contributed by atoms with Gasteiger partial charge in [0.1, 0.15) is 5.82 Å². The van der Waals surface area contributed by atoms with Crippen LogP contribution in [0.25, 0.3) is 0 Å². The molecule has 2 aromatic heterocycles. The van der Waals surface area contributed by atoms with Crippen molar-refractivity contribution in [2.75, 3.05) is 25.0 Å². The SMILES string of the molecule is OCc1cnc(NCC(c2cccs2)N2CCCC2)cn1. The second-order valence-corrected chi connectivity index (χ2v) is 6.19. The molecule has 1 unspecified atom stereocenters. The lowest BCUT2D eigenvalue weighted by Crippen LogP contribution is -2.30. The van der Waals surface area contributed by atoms with E-state index in [0.29, 0.717) is 11.7 Å². The largest absolute Gasteiger partial charge is 0.390 e. The zero-order valence-electron chi connectivity index (χ0n) is 11.9. The molecule has 21 heavy (non-hydrogen) atoms. The van der Waals surface area contributed by atoms with Crippen molar-refractivity contribution in [1.29, 1.82) is 0 Å². The molecular formula is C15H20N4OS. The van der Waals surface area contributed by atoms with Crippen LogP contribution in [0.15, 0.2) is 29.9 Å². The molecule has 2 N–H and O–H groups in total. The Kier molecular flexibility index (Phi) is 4.80. The number of aliphatic hydroxyl groups excluding tert-OH is 1. The maximum atomic E-state index is 8.99. The van der Waals surface area contributed by atoms with Gasteiger partial charge < -0.3 is 10.4 Å². The van der Waals surface area contributed by atoms with Gasteiger partial charge in [0.05, 0.1) is 30.7 Å². The average Bonchev–Trinajstić information content (AvgIpc) is 3.22. The van der Waals surface area contributed by atoms with Crippen LogP contribution in [0.1, 0.15) is 29.5 Å². The normalized spacial score (nSPS) is 17.0. The predicted octanol–water partition coefficient (Wildman–Crippen LogP) is 2.28. The summed E-state index contributed by atoms with van der Waals surface area (Å²) in [5.74, 6) is 0.757. The summed E-state index contributed by atoms with van der Waals surface area (Å²) in [6, 6.07) is 4.71. The molecule has 0 spiro atoms. The molecule has 0 saturated carbocycles. The molecule has 6 heteroatoms. The summed E-state index contributed by atoms with van der Waals surface area (Å²) in [5.41, 5.74) is 0.592. The van der Waals surface area contributed by atoms with Crippen molar-refractivity contribution < 1.29 is 5.11 Å². The number of hydrogen-bond acceptors (Lipinski definition) is 6. The number of hydrogen-bond donors (Lipinski definition) is 2. The molecular weight excluding hydrogens is 284 g/mol. The lowest BCUT2D eigenvalue weighted by atomic mass is 10.2. The molecule has 0 bridgehead atoms. The molecule has 0 amide bonds. The van der Waals surface area contributed by atoms with Crippen LogP contribution >= 0.6 is 11.3 Å². The number of likely N-dealkylation sites (tertiary alicyclic amines) is 1. The number of nitrogens with zero attached hydrogens (tertiary/aromatic N) is 3. The third-order valence-corrected chi connectivity index (χ3v) is 4.77. The van der Waals surface area contributed by atoms with Crippen molar-refractivity contribution in [3.05, 3.63) is 40.5 Å². The van der Waals surface area contributed by atoms with Gasteiger partial charge in [-0.1, -0.05) is 6.07 Å². The van der Waals surface area contributed by atoms with Crippen molar-refractivity contribution in [2.24, 2.45) is 0 Å². The van der Waals surface area contributed by atoms with Crippen molar-refractivity contribution in [1.82, 2.24) is 14.9 Å². The first-order chi connectivity index (χ1) is 10.4. The Labute approximate surface area is 128 Å². The minimum absolute atomic E-state index is 0.0706. The van der Waals surface area contributed by atoms with Gasteiger partial charge >= 0.3 is 0 Å². The molecule has 1 aliphatic heterocycles. The summed E-state index contributed by atoms with van der Waals surface area (Å²) >= 11 is 1.81. The minimum atomic E-state index is -0.0706. The summed E-state index contributed by atoms with van der Waals surface area (Å²) < 4.78 is 0. The Balaban J connectivity index is 1.66. The first kappa shape index (κ1) is 14.4. The monoisotopic (exact) mass is 304 g/mol. The van der Waals surface area contributed by atoms with Crippen LogP contribution in [0.4, 0.5) is 5.82 Å².